The Hall–Kier alpha value is -5.64. The minimum absolute atomic E-state index is 0.0896. The second-order valence-corrected chi connectivity index (χ2v) is 12.3. The van der Waals surface area contributed by atoms with Crippen molar-refractivity contribution in [2.24, 2.45) is 5.92 Å². The Balaban J connectivity index is 1.15. The normalized spacial score (nSPS) is 15.3. The Morgan fingerprint density at radius 1 is 0.957 bits per heavy atom. The molecule has 1 saturated heterocycles. The topological polar surface area (TPSA) is 128 Å². The zero-order valence-corrected chi connectivity index (χ0v) is 26.6. The van der Waals surface area contributed by atoms with Crippen LogP contribution in [-0.2, 0) is 9.53 Å². The fraction of sp³-hybridized carbons (Fsp3) is 0.243. The van der Waals surface area contributed by atoms with Gasteiger partial charge < -0.3 is 30.2 Å². The minimum Gasteiger partial charge on any atom is -0.453 e. The number of carbonyl (C=O) groups excluding carboxylic acids is 2. The molecule has 10 heteroatoms. The molecule has 4 aromatic carbocycles. The average Bonchev–Trinajstić information content (AvgIpc) is 3.87. The van der Waals surface area contributed by atoms with Gasteiger partial charge >= 0.3 is 6.09 Å². The molecule has 7 rings (SSSR count). The van der Waals surface area contributed by atoms with Crippen LogP contribution in [0.4, 0.5) is 16.2 Å². The summed E-state index contributed by atoms with van der Waals surface area (Å²) in [6.45, 7) is 4.44. The van der Waals surface area contributed by atoms with E-state index in [1.54, 1.807) is 6.33 Å². The number of aromatic amines is 2. The summed E-state index contributed by atoms with van der Waals surface area (Å²) < 4.78 is 4.76. The van der Waals surface area contributed by atoms with E-state index in [0.29, 0.717) is 6.54 Å². The van der Waals surface area contributed by atoms with Gasteiger partial charge in [-0.2, -0.15) is 0 Å². The van der Waals surface area contributed by atoms with Gasteiger partial charge in [0.1, 0.15) is 11.9 Å². The van der Waals surface area contributed by atoms with Gasteiger partial charge in [0.05, 0.1) is 42.4 Å². The molecule has 6 aromatic rings. The number of aromatic nitrogens is 4. The van der Waals surface area contributed by atoms with E-state index < -0.39 is 12.1 Å². The fourth-order valence-corrected chi connectivity index (χ4v) is 6.43. The lowest BCUT2D eigenvalue weighted by atomic mass is 9.97. The Morgan fingerprint density at radius 2 is 1.72 bits per heavy atom. The van der Waals surface area contributed by atoms with Gasteiger partial charge in [-0.1, -0.05) is 56.3 Å². The van der Waals surface area contributed by atoms with Crippen molar-refractivity contribution >= 4 is 45.2 Å². The first kappa shape index (κ1) is 30.0. The second kappa shape index (κ2) is 12.6. The van der Waals surface area contributed by atoms with Gasteiger partial charge in [-0.25, -0.2) is 14.8 Å². The predicted molar refractivity (Wildman–Crippen MR) is 184 cm³/mol. The number of likely N-dealkylation sites (tertiary alicyclic amines) is 1. The number of benzene rings is 4. The van der Waals surface area contributed by atoms with Crippen LogP contribution in [0, 0.1) is 5.92 Å². The number of fused-ring (bicyclic) bond motifs is 2. The van der Waals surface area contributed by atoms with Crippen LogP contribution in [0.5, 0.6) is 0 Å². The molecule has 2 amide bonds. The fourth-order valence-electron chi connectivity index (χ4n) is 6.43. The molecule has 47 heavy (non-hydrogen) atoms. The predicted octanol–water partition coefficient (Wildman–Crippen LogP) is 7.56. The highest BCUT2D eigenvalue weighted by Crippen LogP contribution is 2.37. The lowest BCUT2D eigenvalue weighted by Crippen LogP contribution is -2.51. The molecule has 2 aromatic heterocycles. The third-order valence-corrected chi connectivity index (χ3v) is 8.91. The number of nitrogens with one attached hydrogen (secondary N) is 4. The number of ether oxygens (including phenoxy) is 1. The molecule has 1 aliphatic rings. The third-order valence-electron chi connectivity index (χ3n) is 8.91. The Kier molecular flexibility index (Phi) is 8.07. The molecule has 238 valence electrons. The first-order chi connectivity index (χ1) is 22.9. The Labute approximate surface area is 272 Å². The number of methoxy groups -OCH3 is 1. The van der Waals surface area contributed by atoms with Crippen molar-refractivity contribution in [3.8, 4) is 22.4 Å². The van der Waals surface area contributed by atoms with Gasteiger partial charge in [0.25, 0.3) is 0 Å². The zero-order chi connectivity index (χ0) is 32.5. The van der Waals surface area contributed by atoms with E-state index in [-0.39, 0.29) is 17.9 Å². The SMILES string of the molecule is COC(=O)NC(C(=O)N1CCCC1c1ncc(-c2ccc3cc(-c4cc5[nH]cnc5cc4Nc4ccccc4)ccc3c2)[nH]1)C(C)C. The maximum absolute atomic E-state index is 13.5. The van der Waals surface area contributed by atoms with Crippen molar-refractivity contribution in [3.63, 3.8) is 0 Å². The van der Waals surface area contributed by atoms with E-state index in [2.05, 4.69) is 74.1 Å². The molecule has 0 spiro atoms. The molecule has 4 N–H and O–H groups in total. The van der Waals surface area contributed by atoms with Crippen LogP contribution in [0.2, 0.25) is 0 Å². The molecule has 3 heterocycles. The minimum atomic E-state index is -0.672. The smallest absolute Gasteiger partial charge is 0.407 e. The molecule has 2 unspecified atom stereocenters. The van der Waals surface area contributed by atoms with E-state index in [1.165, 1.54) is 7.11 Å². The summed E-state index contributed by atoms with van der Waals surface area (Å²) in [6, 6.07) is 26.4. The summed E-state index contributed by atoms with van der Waals surface area (Å²) >= 11 is 0. The lowest BCUT2D eigenvalue weighted by molar-refractivity contribution is -0.135. The van der Waals surface area contributed by atoms with Gasteiger partial charge in [-0.3, -0.25) is 4.79 Å². The van der Waals surface area contributed by atoms with Crippen molar-refractivity contribution in [2.45, 2.75) is 38.8 Å². The molecule has 1 fully saturated rings. The highest BCUT2D eigenvalue weighted by atomic mass is 16.5. The largest absolute Gasteiger partial charge is 0.453 e. The molecule has 0 aliphatic carbocycles. The van der Waals surface area contributed by atoms with E-state index in [9.17, 15) is 9.59 Å². The number of hydrogen-bond donors (Lipinski definition) is 4. The first-order valence-corrected chi connectivity index (χ1v) is 15.9. The summed E-state index contributed by atoms with van der Waals surface area (Å²) in [5.41, 5.74) is 7.94. The number of rotatable bonds is 8. The number of anilines is 2. The van der Waals surface area contributed by atoms with Crippen LogP contribution in [0.1, 0.15) is 38.6 Å². The Bertz CT molecular complexity index is 2070. The molecule has 10 nitrogen and oxygen atoms in total. The molecular formula is C37H37N7O3. The molecule has 0 bridgehead atoms. The molecule has 0 saturated carbocycles. The van der Waals surface area contributed by atoms with Gasteiger partial charge in [0.15, 0.2) is 0 Å². The van der Waals surface area contributed by atoms with Gasteiger partial charge in [0, 0.05) is 29.0 Å². The summed E-state index contributed by atoms with van der Waals surface area (Å²) in [6.07, 6.45) is 4.60. The molecule has 1 aliphatic heterocycles. The molecular weight excluding hydrogens is 590 g/mol. The van der Waals surface area contributed by atoms with Crippen molar-refractivity contribution in [1.82, 2.24) is 30.2 Å². The highest BCUT2D eigenvalue weighted by molar-refractivity contribution is 5.96. The molecule has 0 radical (unpaired) electrons. The quantitative estimate of drug-likeness (QED) is 0.138. The number of imidazole rings is 2. The number of alkyl carbamates (subject to hydrolysis) is 1. The van der Waals surface area contributed by atoms with Crippen LogP contribution >= 0.6 is 0 Å². The zero-order valence-electron chi connectivity index (χ0n) is 26.6. The monoisotopic (exact) mass is 627 g/mol. The van der Waals surface area contributed by atoms with Gasteiger partial charge in [-0.05, 0) is 71.5 Å². The van der Waals surface area contributed by atoms with Crippen molar-refractivity contribution in [1.29, 1.82) is 0 Å². The van der Waals surface area contributed by atoms with Crippen molar-refractivity contribution < 1.29 is 14.3 Å². The van der Waals surface area contributed by atoms with Gasteiger partial charge in [0.2, 0.25) is 5.91 Å². The third kappa shape index (κ3) is 6.02. The van der Waals surface area contributed by atoms with Crippen LogP contribution in [0.25, 0.3) is 44.2 Å². The first-order valence-electron chi connectivity index (χ1n) is 15.9. The van der Waals surface area contributed by atoms with Crippen molar-refractivity contribution in [3.05, 3.63) is 97.2 Å². The lowest BCUT2D eigenvalue weighted by Gasteiger charge is -2.30. The van der Waals surface area contributed by atoms with Crippen LogP contribution in [0.3, 0.4) is 0 Å². The summed E-state index contributed by atoms with van der Waals surface area (Å²) in [4.78, 5) is 43.2. The Morgan fingerprint density at radius 3 is 2.49 bits per heavy atom. The highest BCUT2D eigenvalue weighted by Gasteiger charge is 2.37. The van der Waals surface area contributed by atoms with Crippen LogP contribution in [-0.4, -0.2) is 56.5 Å². The number of para-hydroxylation sites is 1. The number of nitrogens with zero attached hydrogens (tertiary/aromatic N) is 3. The number of carbonyl (C=O) groups is 2. The van der Waals surface area contributed by atoms with E-state index in [1.807, 2.05) is 55.3 Å². The van der Waals surface area contributed by atoms with Crippen LogP contribution in [0.15, 0.2) is 91.4 Å². The summed E-state index contributed by atoms with van der Waals surface area (Å²) in [5, 5.41) is 8.51. The summed E-state index contributed by atoms with van der Waals surface area (Å²) in [7, 11) is 1.30. The van der Waals surface area contributed by atoms with E-state index in [4.69, 9.17) is 9.72 Å². The number of hydrogen-bond acceptors (Lipinski definition) is 6. The maximum atomic E-state index is 13.5. The number of amides is 2. The van der Waals surface area contributed by atoms with E-state index >= 15 is 0 Å². The van der Waals surface area contributed by atoms with E-state index in [0.717, 1.165) is 74.2 Å². The summed E-state index contributed by atoms with van der Waals surface area (Å²) in [5.74, 6) is 0.531. The molecule has 2 atom stereocenters. The maximum Gasteiger partial charge on any atom is 0.407 e. The van der Waals surface area contributed by atoms with Gasteiger partial charge in [-0.15, -0.1) is 0 Å². The average molecular weight is 628 g/mol. The second-order valence-electron chi connectivity index (χ2n) is 12.3. The standard InChI is InChI=1S/C37H37N7O3/c1-22(2)34(43-37(46)47-3)36(45)44-15-7-10-33(44)35-38-20-32(42-35)26-14-12-23-16-25(13-11-24(23)17-26)28-18-30-31(40-21-39-30)19-29(28)41-27-8-5-4-6-9-27/h4-6,8-9,11-14,16-22,33-34,41H,7,10,15H2,1-3H3,(H,38,42)(H,39,40)(H,43,46). The van der Waals surface area contributed by atoms with Crippen LogP contribution < -0.4 is 10.6 Å². The number of H-pyrrole nitrogens is 2. The van der Waals surface area contributed by atoms with Crippen molar-refractivity contribution in [2.75, 3.05) is 19.0 Å².